The monoisotopic (exact) mass is 342 g/mol. The minimum Gasteiger partial charge on any atom is -0.385 e. The maximum atomic E-state index is 12.6. The molecule has 0 spiro atoms. The van der Waals surface area contributed by atoms with Gasteiger partial charge in [0.1, 0.15) is 0 Å². The van der Waals surface area contributed by atoms with Crippen LogP contribution in [0.4, 0.5) is 5.69 Å². The van der Waals surface area contributed by atoms with Gasteiger partial charge in [-0.3, -0.25) is 4.79 Å². The number of halogens is 1. The van der Waals surface area contributed by atoms with Crippen LogP contribution in [0.15, 0.2) is 18.2 Å². The molecule has 0 bridgehead atoms. The summed E-state index contributed by atoms with van der Waals surface area (Å²) in [7, 11) is 0. The van der Waals surface area contributed by atoms with E-state index in [1.165, 1.54) is 5.56 Å². The summed E-state index contributed by atoms with van der Waals surface area (Å²) in [6.45, 7) is 6.12. The molecule has 0 saturated carbocycles. The molecule has 2 rings (SSSR count). The maximum Gasteiger partial charge on any atom is 0.251 e. The van der Waals surface area contributed by atoms with Crippen molar-refractivity contribution in [3.8, 4) is 0 Å². The number of anilines is 1. The van der Waals surface area contributed by atoms with E-state index in [1.807, 2.05) is 23.9 Å². The number of carbonyl (C=O) groups is 1. The highest BCUT2D eigenvalue weighted by molar-refractivity contribution is 8.00. The van der Waals surface area contributed by atoms with E-state index in [2.05, 4.69) is 36.8 Å². The molecule has 0 aliphatic carbocycles. The molecule has 124 valence electrons. The first kappa shape index (κ1) is 19.2. The average Bonchev–Trinajstić information content (AvgIpc) is 2.56. The SMILES string of the molecule is CCC(CC)(CNC(=O)c1cccc2c1CCCN2)SC.Cl. The molecule has 1 aliphatic heterocycles. The Morgan fingerprint density at radius 1 is 1.36 bits per heavy atom. The minimum absolute atomic E-state index is 0. The van der Waals surface area contributed by atoms with Gasteiger partial charge in [0.2, 0.25) is 0 Å². The number of thioether (sulfide) groups is 1. The lowest BCUT2D eigenvalue weighted by Gasteiger charge is -2.30. The molecule has 2 N–H and O–H groups in total. The first-order valence-corrected chi connectivity index (χ1v) is 9.07. The van der Waals surface area contributed by atoms with Crippen molar-refractivity contribution in [2.45, 2.75) is 44.3 Å². The lowest BCUT2D eigenvalue weighted by atomic mass is 9.96. The van der Waals surface area contributed by atoms with Crippen molar-refractivity contribution < 1.29 is 4.79 Å². The predicted octanol–water partition coefficient (Wildman–Crippen LogP) is 4.12. The molecule has 22 heavy (non-hydrogen) atoms. The highest BCUT2D eigenvalue weighted by atomic mass is 35.5. The van der Waals surface area contributed by atoms with Gasteiger partial charge in [-0.25, -0.2) is 0 Å². The second kappa shape index (κ2) is 8.68. The number of carbonyl (C=O) groups excluding carboxylic acids is 1. The van der Waals surface area contributed by atoms with Gasteiger partial charge in [-0.2, -0.15) is 11.8 Å². The predicted molar refractivity (Wildman–Crippen MR) is 99.7 cm³/mol. The fraction of sp³-hybridized carbons (Fsp3) is 0.588. The number of nitrogens with one attached hydrogen (secondary N) is 2. The first-order valence-electron chi connectivity index (χ1n) is 7.85. The maximum absolute atomic E-state index is 12.6. The fourth-order valence-electron chi connectivity index (χ4n) is 2.92. The van der Waals surface area contributed by atoms with Gasteiger partial charge in [0.15, 0.2) is 0 Å². The van der Waals surface area contributed by atoms with Crippen molar-refractivity contribution in [1.29, 1.82) is 0 Å². The van der Waals surface area contributed by atoms with Crippen LogP contribution < -0.4 is 10.6 Å². The Labute approximate surface area is 144 Å². The summed E-state index contributed by atoms with van der Waals surface area (Å²) in [5, 5.41) is 6.53. The first-order chi connectivity index (χ1) is 10.2. The van der Waals surface area contributed by atoms with Crippen molar-refractivity contribution in [3.63, 3.8) is 0 Å². The lowest BCUT2D eigenvalue weighted by molar-refractivity contribution is 0.0948. The Morgan fingerprint density at radius 2 is 2.09 bits per heavy atom. The molecule has 1 aromatic rings. The van der Waals surface area contributed by atoms with E-state index in [0.29, 0.717) is 0 Å². The summed E-state index contributed by atoms with van der Waals surface area (Å²) in [6, 6.07) is 5.98. The minimum atomic E-state index is 0. The van der Waals surface area contributed by atoms with Crippen LogP contribution in [0.1, 0.15) is 49.0 Å². The molecule has 0 unspecified atom stereocenters. The smallest absolute Gasteiger partial charge is 0.251 e. The Bertz CT molecular complexity index is 495. The Hall–Kier alpha value is -0.870. The Morgan fingerprint density at radius 3 is 2.73 bits per heavy atom. The van der Waals surface area contributed by atoms with Crippen molar-refractivity contribution in [2.24, 2.45) is 0 Å². The second-order valence-corrected chi connectivity index (χ2v) is 6.91. The third-order valence-corrected chi connectivity index (χ3v) is 6.22. The third kappa shape index (κ3) is 4.11. The van der Waals surface area contributed by atoms with E-state index >= 15 is 0 Å². The van der Waals surface area contributed by atoms with Gasteiger partial charge in [0.25, 0.3) is 5.91 Å². The van der Waals surface area contributed by atoms with Gasteiger partial charge in [-0.1, -0.05) is 19.9 Å². The van der Waals surface area contributed by atoms with E-state index in [0.717, 1.165) is 50.0 Å². The van der Waals surface area contributed by atoms with Gasteiger partial charge in [-0.15, -0.1) is 12.4 Å². The quantitative estimate of drug-likeness (QED) is 0.817. The number of hydrogen-bond donors (Lipinski definition) is 2. The summed E-state index contributed by atoms with van der Waals surface area (Å²) in [4.78, 5) is 12.6. The number of fused-ring (bicyclic) bond motifs is 1. The zero-order chi connectivity index (χ0) is 15.3. The van der Waals surface area contributed by atoms with Gasteiger partial charge in [-0.05, 0) is 49.6 Å². The van der Waals surface area contributed by atoms with Crippen LogP contribution in [0, 0.1) is 0 Å². The average molecular weight is 343 g/mol. The van der Waals surface area contributed by atoms with Crippen LogP contribution >= 0.6 is 24.2 Å². The standard InChI is InChI=1S/C17H26N2OS.ClH/c1-4-17(5-2,21-3)12-19-16(20)14-8-6-10-15-13(14)9-7-11-18-15;/h6,8,10,18H,4-5,7,9,11-12H2,1-3H3,(H,19,20);1H. The van der Waals surface area contributed by atoms with Crippen LogP contribution in [0.3, 0.4) is 0 Å². The molecule has 0 radical (unpaired) electrons. The normalized spacial score (nSPS) is 13.6. The second-order valence-electron chi connectivity index (χ2n) is 5.64. The number of amides is 1. The summed E-state index contributed by atoms with van der Waals surface area (Å²) in [6.07, 6.45) is 6.35. The number of hydrogen-bond acceptors (Lipinski definition) is 3. The molecule has 1 aromatic carbocycles. The van der Waals surface area contributed by atoms with Crippen molar-refractivity contribution in [3.05, 3.63) is 29.3 Å². The molecule has 1 heterocycles. The molecule has 1 amide bonds. The van der Waals surface area contributed by atoms with E-state index in [9.17, 15) is 4.79 Å². The molecule has 0 aromatic heterocycles. The van der Waals surface area contributed by atoms with Gasteiger partial charge in [0, 0.05) is 29.1 Å². The topological polar surface area (TPSA) is 41.1 Å². The van der Waals surface area contributed by atoms with Crippen molar-refractivity contribution >= 4 is 35.8 Å². The summed E-state index contributed by atoms with van der Waals surface area (Å²) >= 11 is 1.86. The van der Waals surface area contributed by atoms with Crippen LogP contribution in [0.25, 0.3) is 0 Å². The zero-order valence-corrected chi connectivity index (χ0v) is 15.3. The van der Waals surface area contributed by atoms with Gasteiger partial charge in [0.05, 0.1) is 0 Å². The number of benzene rings is 1. The number of rotatable bonds is 6. The molecular weight excluding hydrogens is 316 g/mol. The van der Waals surface area contributed by atoms with Crippen LogP contribution in [-0.2, 0) is 6.42 Å². The molecule has 5 heteroatoms. The van der Waals surface area contributed by atoms with Crippen molar-refractivity contribution in [1.82, 2.24) is 5.32 Å². The van der Waals surface area contributed by atoms with E-state index in [1.54, 1.807) is 0 Å². The Balaban J connectivity index is 0.00000242. The van der Waals surface area contributed by atoms with E-state index < -0.39 is 0 Å². The highest BCUT2D eigenvalue weighted by Crippen LogP contribution is 2.30. The summed E-state index contributed by atoms with van der Waals surface area (Å²) in [5.74, 6) is 0.0656. The molecule has 1 aliphatic rings. The van der Waals surface area contributed by atoms with Gasteiger partial charge < -0.3 is 10.6 Å². The lowest BCUT2D eigenvalue weighted by Crippen LogP contribution is -2.40. The van der Waals surface area contributed by atoms with Gasteiger partial charge >= 0.3 is 0 Å². The molecular formula is C17H27ClN2OS. The largest absolute Gasteiger partial charge is 0.385 e. The molecule has 0 atom stereocenters. The fourth-order valence-corrected chi connectivity index (χ4v) is 3.71. The van der Waals surface area contributed by atoms with E-state index in [-0.39, 0.29) is 23.1 Å². The van der Waals surface area contributed by atoms with Crippen molar-refractivity contribution in [2.75, 3.05) is 24.7 Å². The van der Waals surface area contributed by atoms with Crippen LogP contribution in [-0.4, -0.2) is 30.0 Å². The molecule has 0 saturated heterocycles. The molecule has 3 nitrogen and oxygen atoms in total. The molecule has 0 fully saturated rings. The van der Waals surface area contributed by atoms with E-state index in [4.69, 9.17) is 0 Å². The van der Waals surface area contributed by atoms with Crippen LogP contribution in [0.5, 0.6) is 0 Å². The highest BCUT2D eigenvalue weighted by Gasteiger charge is 2.26. The summed E-state index contributed by atoms with van der Waals surface area (Å²) in [5.41, 5.74) is 3.13. The zero-order valence-electron chi connectivity index (χ0n) is 13.7. The third-order valence-electron chi connectivity index (χ3n) is 4.63. The van der Waals surface area contributed by atoms with Crippen LogP contribution in [0.2, 0.25) is 0 Å². The summed E-state index contributed by atoms with van der Waals surface area (Å²) < 4.78 is 0.156. The Kier molecular flexibility index (Phi) is 7.57.